The minimum Gasteiger partial charge on any atom is -0.352 e. The Balaban J connectivity index is 1.38. The van der Waals surface area contributed by atoms with E-state index in [2.05, 4.69) is 10.3 Å². The number of pyridine rings is 1. The first-order valence-corrected chi connectivity index (χ1v) is 11.1. The highest BCUT2D eigenvalue weighted by Crippen LogP contribution is 2.59. The highest BCUT2D eigenvalue weighted by atomic mass is 32.2. The van der Waals surface area contributed by atoms with Crippen molar-refractivity contribution in [2.24, 2.45) is 11.3 Å². The highest BCUT2D eigenvalue weighted by Gasteiger charge is 2.62. The number of aryl methyl sites for hydroxylation is 1. The zero-order valence-corrected chi connectivity index (χ0v) is 16.8. The van der Waals surface area contributed by atoms with Gasteiger partial charge in [-0.1, -0.05) is 19.1 Å². The summed E-state index contributed by atoms with van der Waals surface area (Å²) in [6, 6.07) is 10.8. The lowest BCUT2D eigenvalue weighted by atomic mass is 10.0. The third kappa shape index (κ3) is 3.56. The fourth-order valence-electron chi connectivity index (χ4n) is 4.09. The third-order valence-corrected chi connectivity index (χ3v) is 7.90. The SMILES string of the molecule is CCc1ccc(S(=O)(=O)N2CC[C@]3(C[C@@H]3C(=O)NCc3ccncc3)C2)cc1. The Labute approximate surface area is 166 Å². The number of hydrogen-bond donors (Lipinski definition) is 1. The van der Waals surface area contributed by atoms with Gasteiger partial charge in [-0.25, -0.2) is 8.42 Å². The Hall–Kier alpha value is -2.25. The van der Waals surface area contributed by atoms with Gasteiger partial charge in [0.25, 0.3) is 0 Å². The maximum atomic E-state index is 13.0. The molecule has 6 nitrogen and oxygen atoms in total. The Morgan fingerprint density at radius 3 is 2.57 bits per heavy atom. The maximum absolute atomic E-state index is 13.0. The summed E-state index contributed by atoms with van der Waals surface area (Å²) in [5, 5.41) is 2.98. The number of nitrogens with one attached hydrogen (secondary N) is 1. The molecule has 1 saturated carbocycles. The van der Waals surface area contributed by atoms with Crippen LogP contribution in [-0.4, -0.2) is 36.7 Å². The van der Waals surface area contributed by atoms with Gasteiger partial charge < -0.3 is 5.32 Å². The molecule has 2 heterocycles. The van der Waals surface area contributed by atoms with E-state index < -0.39 is 10.0 Å². The Bertz CT molecular complexity index is 960. The average molecular weight is 400 g/mol. The zero-order chi connectivity index (χ0) is 19.8. The second kappa shape index (κ2) is 7.29. The number of rotatable bonds is 6. The minimum atomic E-state index is -3.50. The summed E-state index contributed by atoms with van der Waals surface area (Å²) in [4.78, 5) is 16.8. The van der Waals surface area contributed by atoms with Gasteiger partial charge in [-0.05, 0) is 60.1 Å². The lowest BCUT2D eigenvalue weighted by Gasteiger charge is -2.17. The second-order valence-electron chi connectivity index (χ2n) is 7.78. The fraction of sp³-hybridized carbons (Fsp3) is 0.429. The number of benzene rings is 1. The molecule has 1 aromatic heterocycles. The van der Waals surface area contributed by atoms with Crippen LogP contribution in [0.1, 0.15) is 30.9 Å². The molecule has 2 fully saturated rings. The Morgan fingerprint density at radius 2 is 1.89 bits per heavy atom. The quantitative estimate of drug-likeness (QED) is 0.809. The van der Waals surface area contributed by atoms with Gasteiger partial charge in [0.2, 0.25) is 15.9 Å². The summed E-state index contributed by atoms with van der Waals surface area (Å²) in [6.45, 7) is 3.42. The van der Waals surface area contributed by atoms with E-state index in [-0.39, 0.29) is 17.2 Å². The molecule has 1 saturated heterocycles. The predicted molar refractivity (Wildman–Crippen MR) is 106 cm³/mol. The molecule has 1 aromatic carbocycles. The van der Waals surface area contributed by atoms with Crippen LogP contribution in [0.25, 0.3) is 0 Å². The molecule has 1 aliphatic heterocycles. The number of sulfonamides is 1. The van der Waals surface area contributed by atoms with Crippen LogP contribution in [0.3, 0.4) is 0 Å². The van der Waals surface area contributed by atoms with Gasteiger partial charge in [-0.3, -0.25) is 9.78 Å². The van der Waals surface area contributed by atoms with E-state index in [0.29, 0.717) is 24.5 Å². The fourth-order valence-corrected chi connectivity index (χ4v) is 5.63. The summed E-state index contributed by atoms with van der Waals surface area (Å²) < 4.78 is 27.5. The first-order valence-electron chi connectivity index (χ1n) is 9.70. The van der Waals surface area contributed by atoms with E-state index in [4.69, 9.17) is 0 Å². The van der Waals surface area contributed by atoms with Crippen molar-refractivity contribution in [3.8, 4) is 0 Å². The van der Waals surface area contributed by atoms with Crippen LogP contribution in [0.2, 0.25) is 0 Å². The topological polar surface area (TPSA) is 79.4 Å². The van der Waals surface area contributed by atoms with Crippen LogP contribution in [0, 0.1) is 11.3 Å². The Morgan fingerprint density at radius 1 is 1.18 bits per heavy atom. The van der Waals surface area contributed by atoms with Crippen LogP contribution in [0.15, 0.2) is 53.7 Å². The van der Waals surface area contributed by atoms with Gasteiger partial charge in [-0.15, -0.1) is 0 Å². The molecular weight excluding hydrogens is 374 g/mol. The first kappa shape index (κ1) is 19.1. The van der Waals surface area contributed by atoms with E-state index in [1.807, 2.05) is 31.2 Å². The van der Waals surface area contributed by atoms with Gasteiger partial charge in [0.05, 0.1) is 4.90 Å². The van der Waals surface area contributed by atoms with Crippen LogP contribution in [0.5, 0.6) is 0 Å². The van der Waals surface area contributed by atoms with Gasteiger partial charge in [0, 0.05) is 37.9 Å². The van der Waals surface area contributed by atoms with Crippen LogP contribution in [0.4, 0.5) is 0 Å². The molecule has 1 N–H and O–H groups in total. The average Bonchev–Trinajstić information content (AvgIpc) is 3.25. The van der Waals surface area contributed by atoms with Crippen molar-refractivity contribution in [2.75, 3.05) is 13.1 Å². The maximum Gasteiger partial charge on any atom is 0.243 e. The van der Waals surface area contributed by atoms with Crippen molar-refractivity contribution < 1.29 is 13.2 Å². The number of hydrogen-bond acceptors (Lipinski definition) is 4. The normalized spacial score (nSPS) is 24.4. The van der Waals surface area contributed by atoms with Crippen LogP contribution >= 0.6 is 0 Å². The molecule has 0 unspecified atom stereocenters. The van der Waals surface area contributed by atoms with Crippen molar-refractivity contribution in [1.82, 2.24) is 14.6 Å². The molecule has 4 rings (SSSR count). The van der Waals surface area contributed by atoms with Crippen molar-refractivity contribution in [3.63, 3.8) is 0 Å². The van der Waals surface area contributed by atoms with Crippen molar-refractivity contribution in [2.45, 2.75) is 37.6 Å². The monoisotopic (exact) mass is 399 g/mol. The molecule has 2 atom stereocenters. The molecule has 1 spiro atoms. The number of amides is 1. The van der Waals surface area contributed by atoms with E-state index >= 15 is 0 Å². The lowest BCUT2D eigenvalue weighted by molar-refractivity contribution is -0.123. The molecule has 1 aliphatic carbocycles. The Kier molecular flexibility index (Phi) is 4.97. The number of carbonyl (C=O) groups excluding carboxylic acids is 1. The third-order valence-electron chi connectivity index (χ3n) is 6.04. The summed E-state index contributed by atoms with van der Waals surface area (Å²) in [7, 11) is -3.50. The molecule has 148 valence electrons. The minimum absolute atomic E-state index is 0.0170. The van der Waals surface area contributed by atoms with Crippen LogP contribution < -0.4 is 5.32 Å². The lowest BCUT2D eigenvalue weighted by Crippen LogP contribution is -2.31. The number of nitrogens with zero attached hydrogens (tertiary/aromatic N) is 2. The molecule has 7 heteroatoms. The van der Waals surface area contributed by atoms with E-state index in [1.165, 1.54) is 0 Å². The standard InChI is InChI=1S/C21H25N3O3S/c1-2-16-3-5-18(6-4-16)28(26,27)24-12-9-21(15-24)13-19(21)20(25)23-14-17-7-10-22-11-8-17/h3-8,10-11,19H,2,9,12-15H2,1H3,(H,23,25)/t19-,21+/m1/s1. The highest BCUT2D eigenvalue weighted by molar-refractivity contribution is 7.89. The molecule has 2 aliphatic rings. The van der Waals surface area contributed by atoms with Gasteiger partial charge in [0.1, 0.15) is 0 Å². The van der Waals surface area contributed by atoms with Gasteiger partial charge >= 0.3 is 0 Å². The first-order chi connectivity index (χ1) is 13.4. The van der Waals surface area contributed by atoms with Crippen molar-refractivity contribution in [3.05, 3.63) is 59.9 Å². The molecule has 0 bridgehead atoms. The second-order valence-corrected chi connectivity index (χ2v) is 9.72. The number of carbonyl (C=O) groups is 1. The summed E-state index contributed by atoms with van der Waals surface area (Å²) in [5.41, 5.74) is 1.92. The van der Waals surface area contributed by atoms with Crippen molar-refractivity contribution >= 4 is 15.9 Å². The van der Waals surface area contributed by atoms with Crippen molar-refractivity contribution in [1.29, 1.82) is 0 Å². The summed E-state index contributed by atoms with van der Waals surface area (Å²) in [5.74, 6) is -0.0830. The summed E-state index contributed by atoms with van der Waals surface area (Å²) in [6.07, 6.45) is 5.78. The van der Waals surface area contributed by atoms with E-state index in [0.717, 1.165) is 30.4 Å². The van der Waals surface area contributed by atoms with E-state index in [9.17, 15) is 13.2 Å². The molecule has 0 radical (unpaired) electrons. The van der Waals surface area contributed by atoms with E-state index in [1.54, 1.807) is 28.8 Å². The largest absolute Gasteiger partial charge is 0.352 e. The predicted octanol–water partition coefficient (Wildman–Crippen LogP) is 2.36. The smallest absolute Gasteiger partial charge is 0.243 e. The van der Waals surface area contributed by atoms with Gasteiger partial charge in [0.15, 0.2) is 0 Å². The van der Waals surface area contributed by atoms with Gasteiger partial charge in [-0.2, -0.15) is 4.31 Å². The van der Waals surface area contributed by atoms with Crippen LogP contribution in [-0.2, 0) is 27.8 Å². The number of aromatic nitrogens is 1. The zero-order valence-electron chi connectivity index (χ0n) is 16.0. The molecule has 2 aromatic rings. The molecule has 28 heavy (non-hydrogen) atoms. The molecule has 1 amide bonds. The molecular formula is C21H25N3O3S. The summed E-state index contributed by atoms with van der Waals surface area (Å²) >= 11 is 0.